The molecule has 134 valence electrons. The van der Waals surface area contributed by atoms with Gasteiger partial charge in [0, 0.05) is 28.9 Å². The summed E-state index contributed by atoms with van der Waals surface area (Å²) in [6.07, 6.45) is 0. The number of aryl methyl sites for hydroxylation is 1. The number of rotatable bonds is 6. The maximum Gasteiger partial charge on any atom is 0.225 e. The molecule has 0 aliphatic carbocycles. The van der Waals surface area contributed by atoms with E-state index in [2.05, 4.69) is 20.6 Å². The molecule has 3 aromatic rings. The molecule has 0 fully saturated rings. The van der Waals surface area contributed by atoms with Gasteiger partial charge in [-0.25, -0.2) is 9.37 Å². The van der Waals surface area contributed by atoms with Gasteiger partial charge >= 0.3 is 0 Å². The third-order valence-electron chi connectivity index (χ3n) is 3.67. The van der Waals surface area contributed by atoms with Crippen LogP contribution in [0.2, 0.25) is 5.02 Å². The SMILES string of the molecule is COc1ccc(Cl)cc1Nc1cc(C)nc(NCc2ccccc2F)n1. The quantitative estimate of drug-likeness (QED) is 0.641. The van der Waals surface area contributed by atoms with Crippen LogP contribution >= 0.6 is 11.6 Å². The van der Waals surface area contributed by atoms with Crippen molar-refractivity contribution in [1.82, 2.24) is 9.97 Å². The first kappa shape index (κ1) is 17.9. The van der Waals surface area contributed by atoms with Gasteiger partial charge in [0.2, 0.25) is 5.95 Å². The average Bonchev–Trinajstić information content (AvgIpc) is 2.61. The molecule has 0 amide bonds. The van der Waals surface area contributed by atoms with Crippen LogP contribution in [0.5, 0.6) is 5.75 Å². The highest BCUT2D eigenvalue weighted by molar-refractivity contribution is 6.31. The summed E-state index contributed by atoms with van der Waals surface area (Å²) in [5.41, 5.74) is 2.00. The number of nitrogens with one attached hydrogen (secondary N) is 2. The molecule has 0 aliphatic heterocycles. The highest BCUT2D eigenvalue weighted by Gasteiger charge is 2.08. The van der Waals surface area contributed by atoms with Gasteiger partial charge in [0.25, 0.3) is 0 Å². The van der Waals surface area contributed by atoms with Crippen LogP contribution in [0.15, 0.2) is 48.5 Å². The van der Waals surface area contributed by atoms with Gasteiger partial charge in [-0.05, 0) is 31.2 Å². The Bertz CT molecular complexity index is 920. The first-order chi connectivity index (χ1) is 12.5. The number of halogens is 2. The average molecular weight is 373 g/mol. The zero-order valence-electron chi connectivity index (χ0n) is 14.4. The Morgan fingerprint density at radius 2 is 1.92 bits per heavy atom. The van der Waals surface area contributed by atoms with Gasteiger partial charge in [-0.1, -0.05) is 29.8 Å². The fourth-order valence-corrected chi connectivity index (χ4v) is 2.62. The van der Waals surface area contributed by atoms with Crippen molar-refractivity contribution in [2.24, 2.45) is 0 Å². The Hall–Kier alpha value is -2.86. The van der Waals surface area contributed by atoms with Crippen molar-refractivity contribution in [2.75, 3.05) is 17.7 Å². The summed E-state index contributed by atoms with van der Waals surface area (Å²) in [7, 11) is 1.58. The zero-order valence-corrected chi connectivity index (χ0v) is 15.1. The smallest absolute Gasteiger partial charge is 0.225 e. The second-order valence-electron chi connectivity index (χ2n) is 5.63. The van der Waals surface area contributed by atoms with E-state index in [0.717, 1.165) is 5.69 Å². The van der Waals surface area contributed by atoms with Gasteiger partial charge in [0.1, 0.15) is 17.4 Å². The van der Waals surface area contributed by atoms with E-state index in [1.807, 2.05) is 6.92 Å². The van der Waals surface area contributed by atoms with Gasteiger partial charge in [0.05, 0.1) is 12.8 Å². The number of aromatic nitrogens is 2. The number of hydrogen-bond donors (Lipinski definition) is 2. The fourth-order valence-electron chi connectivity index (χ4n) is 2.44. The van der Waals surface area contributed by atoms with E-state index in [1.165, 1.54) is 6.07 Å². The molecular weight excluding hydrogens is 355 g/mol. The number of hydrogen-bond acceptors (Lipinski definition) is 5. The largest absolute Gasteiger partial charge is 0.495 e. The molecule has 0 unspecified atom stereocenters. The van der Waals surface area contributed by atoms with Crippen molar-refractivity contribution < 1.29 is 9.13 Å². The fraction of sp³-hybridized carbons (Fsp3) is 0.158. The van der Waals surface area contributed by atoms with E-state index in [9.17, 15) is 4.39 Å². The third kappa shape index (κ3) is 4.40. The van der Waals surface area contributed by atoms with Crippen molar-refractivity contribution in [3.05, 3.63) is 70.6 Å². The second kappa shape index (κ2) is 8.01. The monoisotopic (exact) mass is 372 g/mol. The molecule has 3 rings (SSSR count). The molecule has 2 N–H and O–H groups in total. The molecule has 0 radical (unpaired) electrons. The van der Waals surface area contributed by atoms with Crippen LogP contribution in [0.1, 0.15) is 11.3 Å². The Morgan fingerprint density at radius 1 is 1.12 bits per heavy atom. The summed E-state index contributed by atoms with van der Waals surface area (Å²) in [6, 6.07) is 13.7. The lowest BCUT2D eigenvalue weighted by Crippen LogP contribution is -2.07. The van der Waals surface area contributed by atoms with Crippen LogP contribution in [0, 0.1) is 12.7 Å². The van der Waals surface area contributed by atoms with E-state index in [1.54, 1.807) is 49.6 Å². The number of nitrogens with zero attached hydrogens (tertiary/aromatic N) is 2. The van der Waals surface area contributed by atoms with Crippen LogP contribution in [0.25, 0.3) is 0 Å². The van der Waals surface area contributed by atoms with Gasteiger partial charge in [-0.15, -0.1) is 0 Å². The lowest BCUT2D eigenvalue weighted by molar-refractivity contribution is 0.417. The van der Waals surface area contributed by atoms with Crippen LogP contribution in [0.4, 0.5) is 21.8 Å². The van der Waals surface area contributed by atoms with Crippen molar-refractivity contribution in [1.29, 1.82) is 0 Å². The predicted octanol–water partition coefficient (Wildman–Crippen LogP) is 4.94. The lowest BCUT2D eigenvalue weighted by atomic mass is 10.2. The Balaban J connectivity index is 1.80. The molecule has 0 bridgehead atoms. The normalized spacial score (nSPS) is 10.5. The van der Waals surface area contributed by atoms with Crippen LogP contribution in [-0.4, -0.2) is 17.1 Å². The first-order valence-corrected chi connectivity index (χ1v) is 8.36. The van der Waals surface area contributed by atoms with Crippen molar-refractivity contribution in [3.8, 4) is 5.75 Å². The molecular formula is C19H18ClFN4O. The van der Waals surface area contributed by atoms with Gasteiger partial charge in [-0.2, -0.15) is 4.98 Å². The molecule has 26 heavy (non-hydrogen) atoms. The third-order valence-corrected chi connectivity index (χ3v) is 3.91. The molecule has 0 aliphatic rings. The maximum atomic E-state index is 13.7. The van der Waals surface area contributed by atoms with E-state index in [4.69, 9.17) is 16.3 Å². The zero-order chi connectivity index (χ0) is 18.5. The summed E-state index contributed by atoms with van der Waals surface area (Å²) in [5, 5.41) is 6.81. The molecule has 0 spiro atoms. The van der Waals surface area contributed by atoms with Gasteiger partial charge in [-0.3, -0.25) is 0 Å². The van der Waals surface area contributed by atoms with Crippen LogP contribution in [-0.2, 0) is 6.54 Å². The number of benzene rings is 2. The summed E-state index contributed by atoms with van der Waals surface area (Å²) in [5.74, 6) is 1.35. The number of anilines is 3. The molecule has 1 aromatic heterocycles. The summed E-state index contributed by atoms with van der Waals surface area (Å²) < 4.78 is 19.1. The summed E-state index contributed by atoms with van der Waals surface area (Å²) >= 11 is 6.06. The molecule has 0 atom stereocenters. The highest BCUT2D eigenvalue weighted by atomic mass is 35.5. The van der Waals surface area contributed by atoms with Gasteiger partial charge in [0.15, 0.2) is 0 Å². The molecule has 7 heteroatoms. The minimum absolute atomic E-state index is 0.269. The van der Waals surface area contributed by atoms with Crippen molar-refractivity contribution >= 4 is 29.1 Å². The van der Waals surface area contributed by atoms with Gasteiger partial charge < -0.3 is 15.4 Å². The van der Waals surface area contributed by atoms with E-state index in [0.29, 0.717) is 33.8 Å². The lowest BCUT2D eigenvalue weighted by Gasteiger charge is -2.13. The molecule has 1 heterocycles. The summed E-state index contributed by atoms with van der Waals surface area (Å²) in [4.78, 5) is 8.76. The van der Waals surface area contributed by atoms with E-state index in [-0.39, 0.29) is 12.4 Å². The molecule has 0 saturated carbocycles. The topological polar surface area (TPSA) is 59.1 Å². The van der Waals surface area contributed by atoms with Crippen LogP contribution in [0.3, 0.4) is 0 Å². The minimum atomic E-state index is -0.269. The molecule has 0 saturated heterocycles. The van der Waals surface area contributed by atoms with Crippen LogP contribution < -0.4 is 15.4 Å². The Morgan fingerprint density at radius 3 is 2.69 bits per heavy atom. The Labute approximate surface area is 156 Å². The molecule has 5 nitrogen and oxygen atoms in total. The summed E-state index contributed by atoms with van der Waals surface area (Å²) in [6.45, 7) is 2.15. The standard InChI is InChI=1S/C19H18ClFN4O/c1-12-9-18(24-16-10-14(20)7-8-17(16)26-2)25-19(23-12)22-11-13-5-3-4-6-15(13)21/h3-10H,11H2,1-2H3,(H2,22,23,24,25). The first-order valence-electron chi connectivity index (χ1n) is 7.98. The molecule has 2 aromatic carbocycles. The van der Waals surface area contributed by atoms with E-state index >= 15 is 0 Å². The predicted molar refractivity (Wildman–Crippen MR) is 102 cm³/mol. The highest BCUT2D eigenvalue weighted by Crippen LogP contribution is 2.30. The number of ether oxygens (including phenoxy) is 1. The second-order valence-corrected chi connectivity index (χ2v) is 6.07. The van der Waals surface area contributed by atoms with E-state index < -0.39 is 0 Å². The van der Waals surface area contributed by atoms with Crippen molar-refractivity contribution in [2.45, 2.75) is 13.5 Å². The maximum absolute atomic E-state index is 13.7. The van der Waals surface area contributed by atoms with Crippen molar-refractivity contribution in [3.63, 3.8) is 0 Å². The number of methoxy groups -OCH3 is 1. The minimum Gasteiger partial charge on any atom is -0.495 e. The Kier molecular flexibility index (Phi) is 5.53.